The van der Waals surface area contributed by atoms with Crippen LogP contribution in [0.3, 0.4) is 0 Å². The molecule has 0 aliphatic heterocycles. The predicted molar refractivity (Wildman–Crippen MR) is 104 cm³/mol. The number of carbonyl (C=O) groups is 1. The van der Waals surface area contributed by atoms with Crippen LogP contribution >= 0.6 is 11.8 Å². The van der Waals surface area contributed by atoms with E-state index in [1.807, 2.05) is 36.9 Å². The van der Waals surface area contributed by atoms with Crippen LogP contribution in [0.1, 0.15) is 18.9 Å². The quantitative estimate of drug-likeness (QED) is 0.651. The van der Waals surface area contributed by atoms with Crippen molar-refractivity contribution in [3.05, 3.63) is 59.9 Å². The summed E-state index contributed by atoms with van der Waals surface area (Å²) in [5.41, 5.74) is 2.25. The van der Waals surface area contributed by atoms with E-state index in [4.69, 9.17) is 0 Å². The summed E-state index contributed by atoms with van der Waals surface area (Å²) < 4.78 is 13.6. The molecule has 25 heavy (non-hydrogen) atoms. The molecule has 2 aromatic rings. The molecule has 2 rings (SSSR count). The summed E-state index contributed by atoms with van der Waals surface area (Å²) in [6.45, 7) is 3.25. The number of halogens is 1. The standard InChI is InChI=1S/C20H25FN2OS/c1-4-23(15-16-9-11-17(12-10-16)22(2)3)20(24)13-14-25-19-8-6-5-7-18(19)21/h5-12H,4,13-15H2,1-3H3. The number of carbonyl (C=O) groups excluding carboxylic acids is 1. The van der Waals surface area contributed by atoms with Gasteiger partial charge in [0.25, 0.3) is 0 Å². The molecule has 0 aliphatic carbocycles. The third-order valence-electron chi connectivity index (χ3n) is 3.97. The number of amides is 1. The molecular formula is C20H25FN2OS. The van der Waals surface area contributed by atoms with Crippen molar-refractivity contribution in [2.75, 3.05) is 31.3 Å². The van der Waals surface area contributed by atoms with E-state index in [1.54, 1.807) is 12.1 Å². The Kier molecular flexibility index (Phi) is 7.31. The fourth-order valence-electron chi connectivity index (χ4n) is 2.46. The topological polar surface area (TPSA) is 23.6 Å². The number of nitrogens with zero attached hydrogens (tertiary/aromatic N) is 2. The van der Waals surface area contributed by atoms with Gasteiger partial charge in [0.2, 0.25) is 5.91 Å². The molecule has 0 fully saturated rings. The van der Waals surface area contributed by atoms with Gasteiger partial charge < -0.3 is 9.80 Å². The van der Waals surface area contributed by atoms with Crippen LogP contribution in [0.2, 0.25) is 0 Å². The van der Waals surface area contributed by atoms with E-state index in [2.05, 4.69) is 24.3 Å². The Hall–Kier alpha value is -2.01. The number of hydrogen-bond acceptors (Lipinski definition) is 3. The van der Waals surface area contributed by atoms with Gasteiger partial charge in [-0.15, -0.1) is 11.8 Å². The van der Waals surface area contributed by atoms with Crippen LogP contribution in [0.4, 0.5) is 10.1 Å². The summed E-state index contributed by atoms with van der Waals surface area (Å²) >= 11 is 1.39. The Morgan fingerprint density at radius 3 is 2.36 bits per heavy atom. The summed E-state index contributed by atoms with van der Waals surface area (Å²) in [4.78, 5) is 16.9. The van der Waals surface area contributed by atoms with Gasteiger partial charge in [0.15, 0.2) is 0 Å². The molecule has 3 nitrogen and oxygen atoms in total. The molecule has 0 unspecified atom stereocenters. The first kappa shape index (κ1) is 19.3. The average molecular weight is 360 g/mol. The third-order valence-corrected chi connectivity index (χ3v) is 5.02. The minimum atomic E-state index is -0.228. The van der Waals surface area contributed by atoms with Crippen molar-refractivity contribution < 1.29 is 9.18 Å². The van der Waals surface area contributed by atoms with Crippen LogP contribution in [-0.4, -0.2) is 37.2 Å². The van der Waals surface area contributed by atoms with Gasteiger partial charge in [-0.05, 0) is 36.8 Å². The van der Waals surface area contributed by atoms with E-state index in [1.165, 1.54) is 17.8 Å². The minimum Gasteiger partial charge on any atom is -0.378 e. The summed E-state index contributed by atoms with van der Waals surface area (Å²) in [6.07, 6.45) is 0.405. The van der Waals surface area contributed by atoms with Crippen LogP contribution in [0.5, 0.6) is 0 Å². The molecule has 0 saturated heterocycles. The first-order valence-electron chi connectivity index (χ1n) is 8.42. The van der Waals surface area contributed by atoms with Gasteiger partial charge in [-0.25, -0.2) is 4.39 Å². The fourth-order valence-corrected chi connectivity index (χ4v) is 3.34. The highest BCUT2D eigenvalue weighted by molar-refractivity contribution is 7.99. The highest BCUT2D eigenvalue weighted by Gasteiger charge is 2.13. The minimum absolute atomic E-state index is 0.100. The summed E-state index contributed by atoms with van der Waals surface area (Å²) in [7, 11) is 4.01. The van der Waals surface area contributed by atoms with Crippen molar-refractivity contribution in [3.63, 3.8) is 0 Å². The van der Waals surface area contributed by atoms with E-state index >= 15 is 0 Å². The second-order valence-corrected chi connectivity index (χ2v) is 7.13. The zero-order chi connectivity index (χ0) is 18.2. The Bertz CT molecular complexity index is 688. The number of anilines is 1. The SMILES string of the molecule is CCN(Cc1ccc(N(C)C)cc1)C(=O)CCSc1ccccc1F. The van der Waals surface area contributed by atoms with Crippen molar-refractivity contribution in [1.82, 2.24) is 4.90 Å². The first-order valence-corrected chi connectivity index (χ1v) is 9.41. The summed E-state index contributed by atoms with van der Waals surface area (Å²) in [5.74, 6) is 0.451. The zero-order valence-corrected chi connectivity index (χ0v) is 15.9. The molecule has 0 heterocycles. The maximum Gasteiger partial charge on any atom is 0.223 e. The van der Waals surface area contributed by atoms with Gasteiger partial charge in [-0.1, -0.05) is 24.3 Å². The molecule has 0 atom stereocenters. The van der Waals surface area contributed by atoms with Gasteiger partial charge in [-0.2, -0.15) is 0 Å². The second kappa shape index (κ2) is 9.47. The molecule has 0 aliphatic rings. The monoisotopic (exact) mass is 360 g/mol. The Morgan fingerprint density at radius 2 is 1.76 bits per heavy atom. The van der Waals surface area contributed by atoms with Crippen molar-refractivity contribution in [3.8, 4) is 0 Å². The van der Waals surface area contributed by atoms with Gasteiger partial charge in [0.1, 0.15) is 5.82 Å². The van der Waals surface area contributed by atoms with E-state index in [-0.39, 0.29) is 11.7 Å². The predicted octanol–water partition coefficient (Wildman–Crippen LogP) is 4.42. The molecule has 0 saturated carbocycles. The van der Waals surface area contributed by atoms with Crippen LogP contribution in [0, 0.1) is 5.82 Å². The van der Waals surface area contributed by atoms with E-state index in [0.29, 0.717) is 30.2 Å². The zero-order valence-electron chi connectivity index (χ0n) is 15.0. The van der Waals surface area contributed by atoms with Crippen molar-refractivity contribution in [2.24, 2.45) is 0 Å². The summed E-state index contributed by atoms with van der Waals surface area (Å²) in [5, 5.41) is 0. The molecule has 0 bridgehead atoms. The van der Waals surface area contributed by atoms with E-state index in [9.17, 15) is 9.18 Å². The molecule has 1 amide bonds. The van der Waals surface area contributed by atoms with Gasteiger partial charge in [0.05, 0.1) is 0 Å². The highest BCUT2D eigenvalue weighted by Crippen LogP contribution is 2.22. The maximum absolute atomic E-state index is 13.6. The number of thioether (sulfide) groups is 1. The Labute approximate surface area is 153 Å². The van der Waals surface area contributed by atoms with Crippen LogP contribution in [0.15, 0.2) is 53.4 Å². The van der Waals surface area contributed by atoms with Gasteiger partial charge in [0, 0.05) is 49.9 Å². The lowest BCUT2D eigenvalue weighted by Crippen LogP contribution is -2.30. The first-order chi connectivity index (χ1) is 12.0. The van der Waals surface area contributed by atoms with Crippen LogP contribution in [-0.2, 0) is 11.3 Å². The molecule has 0 spiro atoms. The molecule has 0 radical (unpaired) electrons. The van der Waals surface area contributed by atoms with E-state index < -0.39 is 0 Å². The van der Waals surface area contributed by atoms with Crippen molar-refractivity contribution in [1.29, 1.82) is 0 Å². The third kappa shape index (κ3) is 5.78. The average Bonchev–Trinajstić information content (AvgIpc) is 2.61. The normalized spacial score (nSPS) is 10.6. The van der Waals surface area contributed by atoms with E-state index in [0.717, 1.165) is 11.3 Å². The largest absolute Gasteiger partial charge is 0.378 e. The van der Waals surface area contributed by atoms with Crippen LogP contribution < -0.4 is 4.90 Å². The number of hydrogen-bond donors (Lipinski definition) is 0. The second-order valence-electron chi connectivity index (χ2n) is 6.00. The molecular weight excluding hydrogens is 335 g/mol. The fraction of sp³-hybridized carbons (Fsp3) is 0.350. The lowest BCUT2D eigenvalue weighted by atomic mass is 10.2. The lowest BCUT2D eigenvalue weighted by Gasteiger charge is -2.21. The van der Waals surface area contributed by atoms with Crippen molar-refractivity contribution >= 4 is 23.4 Å². The highest BCUT2D eigenvalue weighted by atomic mass is 32.2. The molecule has 0 N–H and O–H groups in total. The molecule has 0 aromatic heterocycles. The Balaban J connectivity index is 1.86. The number of rotatable bonds is 8. The van der Waals surface area contributed by atoms with Gasteiger partial charge in [-0.3, -0.25) is 4.79 Å². The van der Waals surface area contributed by atoms with Crippen molar-refractivity contribution in [2.45, 2.75) is 24.8 Å². The molecule has 134 valence electrons. The smallest absolute Gasteiger partial charge is 0.223 e. The lowest BCUT2D eigenvalue weighted by molar-refractivity contribution is -0.131. The maximum atomic E-state index is 13.6. The molecule has 2 aromatic carbocycles. The van der Waals surface area contributed by atoms with Crippen LogP contribution in [0.25, 0.3) is 0 Å². The van der Waals surface area contributed by atoms with Gasteiger partial charge >= 0.3 is 0 Å². The summed E-state index contributed by atoms with van der Waals surface area (Å²) in [6, 6.07) is 14.9. The Morgan fingerprint density at radius 1 is 1.08 bits per heavy atom. The number of benzene rings is 2. The molecule has 5 heteroatoms.